The molecule has 0 saturated heterocycles. The summed E-state index contributed by atoms with van der Waals surface area (Å²) in [5.74, 6) is -0.0250. The first-order valence-electron chi connectivity index (χ1n) is 8.71. The fourth-order valence-electron chi connectivity index (χ4n) is 2.09. The molecule has 0 aliphatic rings. The normalized spacial score (nSPS) is 10.8. The summed E-state index contributed by atoms with van der Waals surface area (Å²) in [5.41, 5.74) is 5.69. The lowest BCUT2D eigenvalue weighted by Crippen LogP contribution is -2.40. The summed E-state index contributed by atoms with van der Waals surface area (Å²) in [7, 11) is 0. The summed E-state index contributed by atoms with van der Waals surface area (Å²) >= 11 is 0. The summed E-state index contributed by atoms with van der Waals surface area (Å²) in [4.78, 5) is 23.8. The summed E-state index contributed by atoms with van der Waals surface area (Å²) in [6, 6.07) is 12.4. The van der Waals surface area contributed by atoms with Crippen LogP contribution in [-0.2, 0) is 4.79 Å². The maximum Gasteiger partial charge on any atom is 0.269 e. The number of carbonyl (C=O) groups is 2. The Morgan fingerprint density at radius 2 is 1.70 bits per heavy atom. The molecule has 5 nitrogen and oxygen atoms in total. The monoisotopic (exact) mass is 370 g/mol. The van der Waals surface area contributed by atoms with Crippen molar-refractivity contribution in [1.29, 1.82) is 0 Å². The number of amides is 2. The van der Waals surface area contributed by atoms with Crippen molar-refractivity contribution in [2.24, 2.45) is 5.92 Å². The smallest absolute Gasteiger partial charge is 0.269 e. The molecule has 0 unspecified atom stereocenters. The van der Waals surface area contributed by atoms with Crippen molar-refractivity contribution < 1.29 is 18.7 Å². The van der Waals surface area contributed by atoms with Crippen molar-refractivity contribution >= 4 is 17.9 Å². The highest BCUT2D eigenvalue weighted by Crippen LogP contribution is 2.13. The number of hydrogen-bond donors (Lipinski definition) is 2. The Labute approximate surface area is 158 Å². The molecule has 0 atom stereocenters. The average Bonchev–Trinajstić information content (AvgIpc) is 2.66. The highest BCUT2D eigenvalue weighted by Gasteiger charge is 2.06. The van der Waals surface area contributed by atoms with Crippen molar-refractivity contribution in [2.45, 2.75) is 20.3 Å². The van der Waals surface area contributed by atoms with Gasteiger partial charge in [0.2, 0.25) is 0 Å². The van der Waals surface area contributed by atoms with E-state index in [1.165, 1.54) is 24.3 Å². The Kier molecular flexibility index (Phi) is 7.55. The first-order chi connectivity index (χ1) is 12.9. The highest BCUT2D eigenvalue weighted by molar-refractivity contribution is 5.97. The standard InChI is InChI=1S/C21H23FN2O3/c1-15(2)13-14-27-19-10-6-17(7-11-19)21(26)24-23-20(25)12-5-16-3-8-18(22)9-4-16/h3-12,15H,13-14H2,1-2H3,(H,23,25)(H,24,26). The van der Waals surface area contributed by atoms with Crippen LogP contribution in [0, 0.1) is 11.7 Å². The van der Waals surface area contributed by atoms with E-state index in [4.69, 9.17) is 4.74 Å². The molecule has 0 spiro atoms. The van der Waals surface area contributed by atoms with Crippen LogP contribution in [0.5, 0.6) is 5.75 Å². The molecule has 0 radical (unpaired) electrons. The van der Waals surface area contributed by atoms with E-state index in [1.54, 1.807) is 36.4 Å². The molecule has 0 aliphatic carbocycles. The van der Waals surface area contributed by atoms with Gasteiger partial charge >= 0.3 is 0 Å². The summed E-state index contributed by atoms with van der Waals surface area (Å²) < 4.78 is 18.4. The Morgan fingerprint density at radius 1 is 1.04 bits per heavy atom. The number of hydrogen-bond acceptors (Lipinski definition) is 3. The van der Waals surface area contributed by atoms with Crippen LogP contribution in [0.2, 0.25) is 0 Å². The van der Waals surface area contributed by atoms with Gasteiger partial charge in [-0.2, -0.15) is 0 Å². The molecule has 2 amide bonds. The quantitative estimate of drug-likeness (QED) is 0.577. The Bertz CT molecular complexity index is 784. The van der Waals surface area contributed by atoms with Crippen LogP contribution in [0.15, 0.2) is 54.6 Å². The molecule has 0 aromatic heterocycles. The maximum atomic E-state index is 12.8. The fourth-order valence-corrected chi connectivity index (χ4v) is 2.09. The predicted molar refractivity (Wildman–Crippen MR) is 102 cm³/mol. The molecule has 6 heteroatoms. The minimum Gasteiger partial charge on any atom is -0.494 e. The zero-order valence-corrected chi connectivity index (χ0v) is 15.4. The lowest BCUT2D eigenvalue weighted by molar-refractivity contribution is -0.117. The largest absolute Gasteiger partial charge is 0.494 e. The van der Waals surface area contributed by atoms with Gasteiger partial charge in [-0.1, -0.05) is 26.0 Å². The molecule has 27 heavy (non-hydrogen) atoms. The molecule has 2 rings (SSSR count). The van der Waals surface area contributed by atoms with Crippen LogP contribution in [0.3, 0.4) is 0 Å². The topological polar surface area (TPSA) is 67.4 Å². The summed E-state index contributed by atoms with van der Waals surface area (Å²) in [5, 5.41) is 0. The number of rotatable bonds is 7. The molecule has 0 fully saturated rings. The van der Waals surface area contributed by atoms with E-state index in [0.29, 0.717) is 29.4 Å². The zero-order valence-electron chi connectivity index (χ0n) is 15.4. The number of ether oxygens (including phenoxy) is 1. The van der Waals surface area contributed by atoms with Gasteiger partial charge in [0.1, 0.15) is 11.6 Å². The Morgan fingerprint density at radius 3 is 2.33 bits per heavy atom. The lowest BCUT2D eigenvalue weighted by atomic mass is 10.1. The van der Waals surface area contributed by atoms with Crippen molar-refractivity contribution in [3.05, 3.63) is 71.6 Å². The second-order valence-electron chi connectivity index (χ2n) is 6.38. The Balaban J connectivity index is 1.79. The first kappa shape index (κ1) is 20.2. The Hall–Kier alpha value is -3.15. The van der Waals surface area contributed by atoms with Crippen LogP contribution < -0.4 is 15.6 Å². The van der Waals surface area contributed by atoms with Crippen LogP contribution >= 0.6 is 0 Å². The number of carbonyl (C=O) groups excluding carboxylic acids is 2. The number of halogens is 1. The molecule has 142 valence electrons. The van der Waals surface area contributed by atoms with E-state index in [9.17, 15) is 14.0 Å². The predicted octanol–water partition coefficient (Wildman–Crippen LogP) is 3.73. The molecular weight excluding hydrogens is 347 g/mol. The molecule has 0 saturated carbocycles. The minimum atomic E-state index is -0.499. The molecule has 0 bridgehead atoms. The van der Waals surface area contributed by atoms with Gasteiger partial charge in [0.05, 0.1) is 6.61 Å². The van der Waals surface area contributed by atoms with Crippen molar-refractivity contribution in [1.82, 2.24) is 10.9 Å². The van der Waals surface area contributed by atoms with Gasteiger partial charge in [-0.3, -0.25) is 20.4 Å². The first-order valence-corrected chi connectivity index (χ1v) is 8.71. The second kappa shape index (κ2) is 10.1. The molecule has 2 aromatic carbocycles. The highest BCUT2D eigenvalue weighted by atomic mass is 19.1. The van der Waals surface area contributed by atoms with Gasteiger partial charge in [0, 0.05) is 11.6 Å². The number of nitrogens with one attached hydrogen (secondary N) is 2. The third-order valence-corrected chi connectivity index (χ3v) is 3.68. The second-order valence-corrected chi connectivity index (χ2v) is 6.38. The minimum absolute atomic E-state index is 0.347. The van der Waals surface area contributed by atoms with E-state index >= 15 is 0 Å². The molecule has 0 aliphatic heterocycles. The van der Waals surface area contributed by atoms with Gasteiger partial charge in [-0.25, -0.2) is 4.39 Å². The van der Waals surface area contributed by atoms with Crippen LogP contribution in [0.4, 0.5) is 4.39 Å². The van der Waals surface area contributed by atoms with Crippen LogP contribution in [0.1, 0.15) is 36.2 Å². The van der Waals surface area contributed by atoms with E-state index in [2.05, 4.69) is 24.7 Å². The summed E-state index contributed by atoms with van der Waals surface area (Å²) in [6.45, 7) is 4.87. The molecule has 0 heterocycles. The maximum absolute atomic E-state index is 12.8. The van der Waals surface area contributed by atoms with Gasteiger partial charge in [0.15, 0.2) is 0 Å². The number of hydrazine groups is 1. The van der Waals surface area contributed by atoms with E-state index in [1.807, 2.05) is 0 Å². The van der Waals surface area contributed by atoms with Crippen LogP contribution in [0.25, 0.3) is 6.08 Å². The van der Waals surface area contributed by atoms with Gasteiger partial charge in [0.25, 0.3) is 11.8 Å². The van der Waals surface area contributed by atoms with E-state index < -0.39 is 11.8 Å². The van der Waals surface area contributed by atoms with E-state index in [-0.39, 0.29) is 5.82 Å². The van der Waals surface area contributed by atoms with Crippen molar-refractivity contribution in [2.75, 3.05) is 6.61 Å². The van der Waals surface area contributed by atoms with Crippen LogP contribution in [-0.4, -0.2) is 18.4 Å². The van der Waals surface area contributed by atoms with Gasteiger partial charge in [-0.15, -0.1) is 0 Å². The number of benzene rings is 2. The van der Waals surface area contributed by atoms with E-state index in [0.717, 1.165) is 6.42 Å². The van der Waals surface area contributed by atoms with Gasteiger partial charge in [-0.05, 0) is 60.4 Å². The molecular formula is C21H23FN2O3. The third-order valence-electron chi connectivity index (χ3n) is 3.68. The van der Waals surface area contributed by atoms with Crippen molar-refractivity contribution in [3.8, 4) is 5.75 Å². The zero-order chi connectivity index (χ0) is 19.6. The SMILES string of the molecule is CC(C)CCOc1ccc(C(=O)NNC(=O)C=Cc2ccc(F)cc2)cc1. The lowest BCUT2D eigenvalue weighted by Gasteiger charge is -2.09. The summed E-state index contributed by atoms with van der Waals surface area (Å²) in [6.07, 6.45) is 3.73. The molecule has 2 aromatic rings. The van der Waals surface area contributed by atoms with Crippen molar-refractivity contribution in [3.63, 3.8) is 0 Å². The third kappa shape index (κ3) is 7.32. The van der Waals surface area contributed by atoms with Gasteiger partial charge < -0.3 is 4.74 Å². The fraction of sp³-hybridized carbons (Fsp3) is 0.238. The average molecular weight is 370 g/mol. The molecule has 2 N–H and O–H groups in total.